The van der Waals surface area contributed by atoms with Gasteiger partial charge < -0.3 is 4.74 Å². The number of fused-ring (bicyclic) bond motifs is 1. The molecule has 3 fully saturated rings. The van der Waals surface area contributed by atoms with E-state index in [1.54, 1.807) is 0 Å². The molecule has 0 aromatic carbocycles. The second-order valence-electron chi connectivity index (χ2n) is 7.00. The average molecular weight is 283 g/mol. The van der Waals surface area contributed by atoms with Crippen molar-refractivity contribution in [1.29, 1.82) is 0 Å². The molecule has 3 rings (SSSR count). The van der Waals surface area contributed by atoms with Crippen LogP contribution in [0.1, 0.15) is 51.4 Å². The summed E-state index contributed by atoms with van der Waals surface area (Å²) in [6.45, 7) is 4.50. The van der Waals surface area contributed by atoms with Crippen molar-refractivity contribution >= 4 is 12.6 Å². The minimum atomic E-state index is 0.431. The van der Waals surface area contributed by atoms with Crippen molar-refractivity contribution in [1.82, 2.24) is 4.90 Å². The molecule has 2 heterocycles. The number of piperidine rings is 1. The van der Waals surface area contributed by atoms with Gasteiger partial charge in [0.2, 0.25) is 0 Å². The van der Waals surface area contributed by atoms with Gasteiger partial charge in [-0.3, -0.25) is 4.90 Å². The number of nitrogens with zero attached hydrogens (tertiary/aromatic N) is 1. The number of hydrogen-bond acceptors (Lipinski definition) is 3. The van der Waals surface area contributed by atoms with Gasteiger partial charge >= 0.3 is 0 Å². The lowest BCUT2D eigenvalue weighted by Gasteiger charge is -2.49. The number of ether oxygens (including phenoxy) is 1. The van der Waals surface area contributed by atoms with Gasteiger partial charge in [0, 0.05) is 25.8 Å². The van der Waals surface area contributed by atoms with Crippen LogP contribution in [-0.4, -0.2) is 43.0 Å². The van der Waals surface area contributed by atoms with Crippen LogP contribution in [0.5, 0.6) is 0 Å². The molecule has 0 N–H and O–H groups in total. The Balaban J connectivity index is 1.66. The van der Waals surface area contributed by atoms with Crippen molar-refractivity contribution in [2.24, 2.45) is 11.3 Å². The largest absolute Gasteiger partial charge is 0.381 e. The third-order valence-electron chi connectivity index (χ3n) is 5.79. The second-order valence-corrected chi connectivity index (χ2v) is 7.31. The molecule has 0 spiro atoms. The molecule has 0 radical (unpaired) electrons. The molecule has 2 unspecified atom stereocenters. The van der Waals surface area contributed by atoms with Crippen molar-refractivity contribution < 1.29 is 4.74 Å². The molecule has 2 saturated heterocycles. The number of likely N-dealkylation sites (tertiary alicyclic amines) is 1. The molecule has 1 saturated carbocycles. The SMILES string of the molecule is SCC1(CN2CCCC3CCCCC32)CCOCC1. The van der Waals surface area contributed by atoms with E-state index in [4.69, 9.17) is 4.74 Å². The minimum absolute atomic E-state index is 0.431. The van der Waals surface area contributed by atoms with Gasteiger partial charge in [-0.05, 0) is 62.2 Å². The molecule has 0 aromatic rings. The Morgan fingerprint density at radius 2 is 1.79 bits per heavy atom. The van der Waals surface area contributed by atoms with Gasteiger partial charge in [-0.2, -0.15) is 12.6 Å². The zero-order chi connectivity index (χ0) is 13.1. The van der Waals surface area contributed by atoms with Crippen LogP contribution < -0.4 is 0 Å². The van der Waals surface area contributed by atoms with Gasteiger partial charge in [0.15, 0.2) is 0 Å². The van der Waals surface area contributed by atoms with Crippen LogP contribution in [-0.2, 0) is 4.74 Å². The molecule has 1 aliphatic carbocycles. The van der Waals surface area contributed by atoms with Gasteiger partial charge in [-0.15, -0.1) is 0 Å². The summed E-state index contributed by atoms with van der Waals surface area (Å²) in [5, 5.41) is 0. The van der Waals surface area contributed by atoms with Crippen LogP contribution >= 0.6 is 12.6 Å². The Kier molecular flexibility index (Phi) is 4.76. The fourth-order valence-electron chi connectivity index (χ4n) is 4.53. The van der Waals surface area contributed by atoms with Gasteiger partial charge in [0.05, 0.1) is 0 Å². The second kappa shape index (κ2) is 6.36. The van der Waals surface area contributed by atoms with Crippen molar-refractivity contribution in [3.05, 3.63) is 0 Å². The highest BCUT2D eigenvalue weighted by atomic mass is 32.1. The van der Waals surface area contributed by atoms with Crippen LogP contribution in [0.3, 0.4) is 0 Å². The first kappa shape index (κ1) is 14.2. The molecule has 0 bridgehead atoms. The number of hydrogen-bond donors (Lipinski definition) is 1. The molecule has 19 heavy (non-hydrogen) atoms. The zero-order valence-corrected chi connectivity index (χ0v) is 13.0. The standard InChI is InChI=1S/C16H29NOS/c19-13-16(7-10-18-11-8-16)12-17-9-3-5-14-4-1-2-6-15(14)17/h14-15,19H,1-13H2. The molecule has 3 aliphatic rings. The first-order valence-electron chi connectivity index (χ1n) is 8.26. The van der Waals surface area contributed by atoms with Crippen LogP contribution in [0, 0.1) is 11.3 Å². The van der Waals surface area contributed by atoms with Crippen molar-refractivity contribution in [3.63, 3.8) is 0 Å². The molecule has 0 amide bonds. The van der Waals surface area contributed by atoms with Crippen molar-refractivity contribution in [2.45, 2.75) is 57.4 Å². The number of rotatable bonds is 3. The van der Waals surface area contributed by atoms with E-state index in [2.05, 4.69) is 17.5 Å². The van der Waals surface area contributed by atoms with E-state index >= 15 is 0 Å². The van der Waals surface area contributed by atoms with E-state index in [0.29, 0.717) is 5.41 Å². The highest BCUT2D eigenvalue weighted by molar-refractivity contribution is 7.80. The molecule has 110 valence electrons. The summed E-state index contributed by atoms with van der Waals surface area (Å²) in [5.74, 6) is 2.03. The van der Waals surface area contributed by atoms with E-state index in [1.807, 2.05) is 0 Å². The smallest absolute Gasteiger partial charge is 0.0472 e. The van der Waals surface area contributed by atoms with Gasteiger partial charge in [0.1, 0.15) is 0 Å². The summed E-state index contributed by atoms with van der Waals surface area (Å²) in [4.78, 5) is 2.84. The van der Waals surface area contributed by atoms with E-state index in [-0.39, 0.29) is 0 Å². The van der Waals surface area contributed by atoms with Gasteiger partial charge in [0.25, 0.3) is 0 Å². The minimum Gasteiger partial charge on any atom is -0.381 e. The lowest BCUT2D eigenvalue weighted by Crippen LogP contribution is -2.52. The highest BCUT2D eigenvalue weighted by Crippen LogP contribution is 2.39. The maximum Gasteiger partial charge on any atom is 0.0472 e. The monoisotopic (exact) mass is 283 g/mol. The van der Waals surface area contributed by atoms with Crippen LogP contribution in [0.4, 0.5) is 0 Å². The maximum atomic E-state index is 5.57. The summed E-state index contributed by atoms with van der Waals surface area (Å²) in [7, 11) is 0. The van der Waals surface area contributed by atoms with Crippen LogP contribution in [0.2, 0.25) is 0 Å². The molecule has 2 atom stereocenters. The normalized spacial score (nSPS) is 35.8. The van der Waals surface area contributed by atoms with E-state index in [0.717, 1.165) is 30.9 Å². The van der Waals surface area contributed by atoms with Crippen LogP contribution in [0.25, 0.3) is 0 Å². The van der Waals surface area contributed by atoms with Gasteiger partial charge in [-0.25, -0.2) is 0 Å². The predicted octanol–water partition coefficient (Wildman–Crippen LogP) is 3.37. The third kappa shape index (κ3) is 3.14. The van der Waals surface area contributed by atoms with Crippen molar-refractivity contribution in [3.8, 4) is 0 Å². The Morgan fingerprint density at radius 1 is 1.05 bits per heavy atom. The summed E-state index contributed by atoms with van der Waals surface area (Å²) in [5.41, 5.74) is 0.431. The van der Waals surface area contributed by atoms with E-state index < -0.39 is 0 Å². The molecule has 3 heteroatoms. The maximum absolute atomic E-state index is 5.57. The Labute approximate surface area is 123 Å². The fourth-order valence-corrected chi connectivity index (χ4v) is 4.94. The summed E-state index contributed by atoms with van der Waals surface area (Å²) in [6, 6.07) is 0.891. The quantitative estimate of drug-likeness (QED) is 0.797. The average Bonchev–Trinajstić information content (AvgIpc) is 2.49. The number of thiol groups is 1. The lowest BCUT2D eigenvalue weighted by molar-refractivity contribution is -0.0228. The summed E-state index contributed by atoms with van der Waals surface area (Å²) >= 11 is 4.68. The third-order valence-corrected chi connectivity index (χ3v) is 6.46. The lowest BCUT2D eigenvalue weighted by atomic mass is 9.75. The molecular formula is C16H29NOS. The summed E-state index contributed by atoms with van der Waals surface area (Å²) in [6.07, 6.45) is 11.2. The molecular weight excluding hydrogens is 254 g/mol. The first-order chi connectivity index (χ1) is 9.33. The van der Waals surface area contributed by atoms with Gasteiger partial charge in [-0.1, -0.05) is 12.8 Å². The van der Waals surface area contributed by atoms with Crippen molar-refractivity contribution in [2.75, 3.05) is 32.1 Å². The molecule has 0 aromatic heterocycles. The summed E-state index contributed by atoms with van der Waals surface area (Å²) < 4.78 is 5.57. The Bertz CT molecular complexity index is 288. The van der Waals surface area contributed by atoms with E-state index in [1.165, 1.54) is 64.5 Å². The van der Waals surface area contributed by atoms with Crippen LogP contribution in [0.15, 0.2) is 0 Å². The predicted molar refractivity (Wildman–Crippen MR) is 82.9 cm³/mol. The zero-order valence-electron chi connectivity index (χ0n) is 12.1. The Morgan fingerprint density at radius 3 is 2.58 bits per heavy atom. The topological polar surface area (TPSA) is 12.5 Å². The first-order valence-corrected chi connectivity index (χ1v) is 8.89. The molecule has 2 aliphatic heterocycles. The van der Waals surface area contributed by atoms with E-state index in [9.17, 15) is 0 Å². The molecule has 2 nitrogen and oxygen atoms in total. The fraction of sp³-hybridized carbons (Fsp3) is 1.00. The Hall–Kier alpha value is 0.270. The highest BCUT2D eigenvalue weighted by Gasteiger charge is 2.39.